The standard InChI is InChI=1S/C12H13N3O2S/c16-6-5-14-11(17)7-9-8-18-12(15-9)10-3-1-2-4-13-10/h1-4,8,16H,5-7H2,(H,14,17). The maximum absolute atomic E-state index is 11.4. The largest absolute Gasteiger partial charge is 0.395 e. The van der Waals surface area contributed by atoms with Crippen molar-refractivity contribution in [2.75, 3.05) is 13.2 Å². The number of pyridine rings is 1. The number of aliphatic hydroxyl groups excluding tert-OH is 1. The molecular weight excluding hydrogens is 250 g/mol. The number of carbonyl (C=O) groups excluding carboxylic acids is 1. The Hall–Kier alpha value is -1.79. The van der Waals surface area contributed by atoms with Crippen LogP contribution in [0.2, 0.25) is 0 Å². The minimum atomic E-state index is -0.137. The third-order valence-electron chi connectivity index (χ3n) is 2.21. The van der Waals surface area contributed by atoms with E-state index in [1.165, 1.54) is 11.3 Å². The molecule has 2 N–H and O–H groups in total. The van der Waals surface area contributed by atoms with E-state index in [4.69, 9.17) is 5.11 Å². The van der Waals surface area contributed by atoms with Gasteiger partial charge in [-0.3, -0.25) is 9.78 Å². The first-order valence-electron chi connectivity index (χ1n) is 5.53. The van der Waals surface area contributed by atoms with Gasteiger partial charge < -0.3 is 10.4 Å². The predicted molar refractivity (Wildman–Crippen MR) is 69.1 cm³/mol. The molecule has 6 heteroatoms. The number of nitrogens with zero attached hydrogens (tertiary/aromatic N) is 2. The first-order valence-corrected chi connectivity index (χ1v) is 6.41. The number of rotatable bonds is 5. The Morgan fingerprint density at radius 2 is 2.33 bits per heavy atom. The van der Waals surface area contributed by atoms with E-state index in [9.17, 15) is 4.79 Å². The summed E-state index contributed by atoms with van der Waals surface area (Å²) in [6, 6.07) is 5.63. The Morgan fingerprint density at radius 1 is 1.44 bits per heavy atom. The van der Waals surface area contributed by atoms with Gasteiger partial charge in [0, 0.05) is 18.1 Å². The maximum atomic E-state index is 11.4. The number of nitrogens with one attached hydrogen (secondary N) is 1. The molecule has 18 heavy (non-hydrogen) atoms. The normalized spacial score (nSPS) is 10.3. The molecule has 2 aromatic heterocycles. The van der Waals surface area contributed by atoms with E-state index in [1.54, 1.807) is 6.20 Å². The van der Waals surface area contributed by atoms with E-state index in [2.05, 4.69) is 15.3 Å². The first kappa shape index (κ1) is 12.7. The van der Waals surface area contributed by atoms with Crippen molar-refractivity contribution in [3.05, 3.63) is 35.5 Å². The third kappa shape index (κ3) is 3.35. The molecule has 0 saturated carbocycles. The summed E-state index contributed by atoms with van der Waals surface area (Å²) in [5.74, 6) is -0.137. The van der Waals surface area contributed by atoms with Crippen molar-refractivity contribution in [1.82, 2.24) is 15.3 Å². The van der Waals surface area contributed by atoms with Crippen molar-refractivity contribution in [3.8, 4) is 10.7 Å². The van der Waals surface area contributed by atoms with Crippen LogP contribution in [0.1, 0.15) is 5.69 Å². The first-order chi connectivity index (χ1) is 8.79. The molecule has 2 rings (SSSR count). The quantitative estimate of drug-likeness (QED) is 0.839. The van der Waals surface area contributed by atoms with Gasteiger partial charge in [0.05, 0.1) is 24.4 Å². The van der Waals surface area contributed by atoms with Crippen LogP contribution < -0.4 is 5.32 Å². The zero-order chi connectivity index (χ0) is 12.8. The summed E-state index contributed by atoms with van der Waals surface area (Å²) in [5, 5.41) is 13.8. The average molecular weight is 263 g/mol. The van der Waals surface area contributed by atoms with Gasteiger partial charge in [-0.1, -0.05) is 6.07 Å². The fourth-order valence-corrected chi connectivity index (χ4v) is 2.21. The van der Waals surface area contributed by atoms with Gasteiger partial charge in [0.1, 0.15) is 5.01 Å². The molecule has 0 fully saturated rings. The van der Waals surface area contributed by atoms with Gasteiger partial charge in [-0.05, 0) is 12.1 Å². The number of hydrogen-bond acceptors (Lipinski definition) is 5. The van der Waals surface area contributed by atoms with Crippen LogP contribution in [0, 0.1) is 0 Å². The van der Waals surface area contributed by atoms with Crippen LogP contribution in [0.25, 0.3) is 10.7 Å². The summed E-state index contributed by atoms with van der Waals surface area (Å²) in [6.45, 7) is 0.220. The molecular formula is C12H13N3O2S. The van der Waals surface area contributed by atoms with E-state index in [0.29, 0.717) is 0 Å². The van der Waals surface area contributed by atoms with Crippen LogP contribution in [-0.4, -0.2) is 34.1 Å². The third-order valence-corrected chi connectivity index (χ3v) is 3.13. The number of aliphatic hydroxyl groups is 1. The number of amides is 1. The second-order valence-corrected chi connectivity index (χ2v) is 4.47. The van der Waals surface area contributed by atoms with Crippen LogP contribution in [-0.2, 0) is 11.2 Å². The highest BCUT2D eigenvalue weighted by molar-refractivity contribution is 7.13. The molecule has 0 unspecified atom stereocenters. The van der Waals surface area contributed by atoms with Crippen LogP contribution in [0.4, 0.5) is 0 Å². The number of thiazole rings is 1. The molecule has 0 aliphatic rings. The zero-order valence-electron chi connectivity index (χ0n) is 9.67. The van der Waals surface area contributed by atoms with Gasteiger partial charge in [-0.2, -0.15) is 0 Å². The number of carbonyl (C=O) groups is 1. The highest BCUT2D eigenvalue weighted by atomic mass is 32.1. The van der Waals surface area contributed by atoms with E-state index >= 15 is 0 Å². The summed E-state index contributed by atoms with van der Waals surface area (Å²) in [6.07, 6.45) is 1.94. The second-order valence-electron chi connectivity index (χ2n) is 3.61. The number of aromatic nitrogens is 2. The Labute approximate surface area is 109 Å². The maximum Gasteiger partial charge on any atom is 0.226 e. The van der Waals surface area contributed by atoms with Gasteiger partial charge in [-0.25, -0.2) is 4.98 Å². The van der Waals surface area contributed by atoms with Gasteiger partial charge >= 0.3 is 0 Å². The lowest BCUT2D eigenvalue weighted by Gasteiger charge is -2.00. The number of hydrogen-bond donors (Lipinski definition) is 2. The molecule has 5 nitrogen and oxygen atoms in total. The molecule has 1 amide bonds. The van der Waals surface area contributed by atoms with Crippen LogP contribution >= 0.6 is 11.3 Å². The highest BCUT2D eigenvalue weighted by Gasteiger charge is 2.08. The minimum absolute atomic E-state index is 0.0536. The summed E-state index contributed by atoms with van der Waals surface area (Å²) >= 11 is 1.47. The monoisotopic (exact) mass is 263 g/mol. The summed E-state index contributed by atoms with van der Waals surface area (Å²) in [4.78, 5) is 20.0. The Morgan fingerprint density at radius 3 is 3.06 bits per heavy atom. The van der Waals surface area contributed by atoms with Crippen molar-refractivity contribution in [1.29, 1.82) is 0 Å². The molecule has 0 saturated heterocycles. The van der Waals surface area contributed by atoms with Gasteiger partial charge in [0.25, 0.3) is 0 Å². The van der Waals surface area contributed by atoms with E-state index in [1.807, 2.05) is 23.6 Å². The molecule has 2 heterocycles. The average Bonchev–Trinajstić information content (AvgIpc) is 2.86. The molecule has 0 atom stereocenters. The predicted octanol–water partition coefficient (Wildman–Crippen LogP) is 0.856. The summed E-state index contributed by atoms with van der Waals surface area (Å²) < 4.78 is 0. The lowest BCUT2D eigenvalue weighted by Crippen LogP contribution is -2.27. The Balaban J connectivity index is 2.00. The van der Waals surface area contributed by atoms with Crippen LogP contribution in [0.5, 0.6) is 0 Å². The molecule has 0 aromatic carbocycles. The van der Waals surface area contributed by atoms with Crippen LogP contribution in [0.15, 0.2) is 29.8 Å². The molecule has 0 aliphatic carbocycles. The Bertz CT molecular complexity index is 513. The molecule has 94 valence electrons. The molecule has 0 bridgehead atoms. The molecule has 2 aromatic rings. The van der Waals surface area contributed by atoms with E-state index in [-0.39, 0.29) is 25.5 Å². The minimum Gasteiger partial charge on any atom is -0.395 e. The second kappa shape index (κ2) is 6.23. The smallest absolute Gasteiger partial charge is 0.226 e. The molecule has 0 aliphatic heterocycles. The summed E-state index contributed by atoms with van der Waals surface area (Å²) in [5.41, 5.74) is 1.53. The van der Waals surface area contributed by atoms with Crippen molar-refractivity contribution in [2.45, 2.75) is 6.42 Å². The van der Waals surface area contributed by atoms with Crippen molar-refractivity contribution < 1.29 is 9.90 Å². The fourth-order valence-electron chi connectivity index (χ4n) is 1.42. The lowest BCUT2D eigenvalue weighted by molar-refractivity contribution is -0.120. The summed E-state index contributed by atoms with van der Waals surface area (Å²) in [7, 11) is 0. The molecule has 0 radical (unpaired) electrons. The Kier molecular flexibility index (Phi) is 4.38. The SMILES string of the molecule is O=C(Cc1csc(-c2ccccn2)n1)NCCO. The van der Waals surface area contributed by atoms with Crippen molar-refractivity contribution >= 4 is 17.2 Å². The van der Waals surface area contributed by atoms with Crippen molar-refractivity contribution in [3.63, 3.8) is 0 Å². The zero-order valence-corrected chi connectivity index (χ0v) is 10.5. The topological polar surface area (TPSA) is 75.1 Å². The van der Waals surface area contributed by atoms with Gasteiger partial charge in [-0.15, -0.1) is 11.3 Å². The molecule has 0 spiro atoms. The van der Waals surface area contributed by atoms with E-state index in [0.717, 1.165) is 16.4 Å². The highest BCUT2D eigenvalue weighted by Crippen LogP contribution is 2.21. The van der Waals surface area contributed by atoms with E-state index < -0.39 is 0 Å². The fraction of sp³-hybridized carbons (Fsp3) is 0.250. The van der Waals surface area contributed by atoms with Gasteiger partial charge in [0.15, 0.2) is 0 Å². The van der Waals surface area contributed by atoms with Crippen molar-refractivity contribution in [2.24, 2.45) is 0 Å². The lowest BCUT2D eigenvalue weighted by atomic mass is 10.3. The van der Waals surface area contributed by atoms with Crippen LogP contribution in [0.3, 0.4) is 0 Å². The van der Waals surface area contributed by atoms with Gasteiger partial charge in [0.2, 0.25) is 5.91 Å².